The van der Waals surface area contributed by atoms with Crippen LogP contribution in [0.3, 0.4) is 0 Å². The van der Waals surface area contributed by atoms with Gasteiger partial charge in [-0.05, 0) is 32.9 Å². The maximum absolute atomic E-state index is 13.9. The maximum atomic E-state index is 13.9. The lowest BCUT2D eigenvalue weighted by atomic mass is 10.1. The minimum Gasteiger partial charge on any atom is -0.464 e. The van der Waals surface area contributed by atoms with Crippen molar-refractivity contribution in [3.05, 3.63) is 29.6 Å². The quantitative estimate of drug-likeness (QED) is 0.446. The SMILES string of the molecule is CC.COC(=O)c1nc(-c2ccn(C)n2)c(C(F)(F)F)cc1N(C(=O)OC)C(=O)OC(C)(C)C. The summed E-state index contributed by atoms with van der Waals surface area (Å²) in [7, 11) is 3.34. The summed E-state index contributed by atoms with van der Waals surface area (Å²) in [6.07, 6.45) is -6.39. The van der Waals surface area contributed by atoms with E-state index in [2.05, 4.69) is 19.6 Å². The van der Waals surface area contributed by atoms with E-state index in [0.29, 0.717) is 6.07 Å². The van der Waals surface area contributed by atoms with Crippen LogP contribution in [0.1, 0.15) is 50.7 Å². The van der Waals surface area contributed by atoms with Crippen molar-refractivity contribution in [2.45, 2.75) is 46.4 Å². The van der Waals surface area contributed by atoms with Crippen molar-refractivity contribution in [1.29, 1.82) is 0 Å². The van der Waals surface area contributed by atoms with Gasteiger partial charge < -0.3 is 14.2 Å². The molecule has 0 unspecified atom stereocenters. The number of aryl methyl sites for hydroxylation is 1. The number of rotatable bonds is 3. The van der Waals surface area contributed by atoms with Gasteiger partial charge in [-0.2, -0.15) is 23.2 Å². The molecule has 0 spiro atoms. The fourth-order valence-electron chi connectivity index (χ4n) is 2.54. The number of halogens is 3. The predicted molar refractivity (Wildman–Crippen MR) is 115 cm³/mol. The molecule has 0 atom stereocenters. The Morgan fingerprint density at radius 2 is 1.62 bits per heavy atom. The van der Waals surface area contributed by atoms with Crippen molar-refractivity contribution in [3.8, 4) is 11.4 Å². The lowest BCUT2D eigenvalue weighted by Gasteiger charge is -2.26. The minimum atomic E-state index is -4.99. The molecule has 188 valence electrons. The number of nitrogens with zero attached hydrogens (tertiary/aromatic N) is 4. The molecule has 0 aliphatic carbocycles. The van der Waals surface area contributed by atoms with Crippen LogP contribution in [-0.2, 0) is 27.4 Å². The summed E-state index contributed by atoms with van der Waals surface area (Å²) in [5, 5.41) is 3.90. The monoisotopic (exact) mass is 488 g/mol. The maximum Gasteiger partial charge on any atom is 0.424 e. The van der Waals surface area contributed by atoms with E-state index in [9.17, 15) is 27.6 Å². The molecule has 2 amide bonds. The molecular formula is C21H27F3N4O6. The highest BCUT2D eigenvalue weighted by Gasteiger charge is 2.41. The summed E-state index contributed by atoms with van der Waals surface area (Å²) in [5.41, 5.74) is -4.95. The van der Waals surface area contributed by atoms with Crippen molar-refractivity contribution in [2.24, 2.45) is 7.05 Å². The Morgan fingerprint density at radius 3 is 2.03 bits per heavy atom. The van der Waals surface area contributed by atoms with E-state index in [1.165, 1.54) is 44.8 Å². The van der Waals surface area contributed by atoms with Crippen LogP contribution in [0.4, 0.5) is 28.4 Å². The summed E-state index contributed by atoms with van der Waals surface area (Å²) in [5.74, 6) is -1.21. The molecule has 0 bridgehead atoms. The highest BCUT2D eigenvalue weighted by Crippen LogP contribution is 2.39. The number of methoxy groups -OCH3 is 2. The van der Waals surface area contributed by atoms with E-state index in [1.807, 2.05) is 13.8 Å². The first-order valence-electron chi connectivity index (χ1n) is 10.0. The summed E-state index contributed by atoms with van der Waals surface area (Å²) >= 11 is 0. The normalized spacial score (nSPS) is 11.1. The van der Waals surface area contributed by atoms with Crippen molar-refractivity contribution < 1.29 is 41.8 Å². The minimum absolute atomic E-state index is 0.141. The third-order valence-electron chi connectivity index (χ3n) is 3.82. The number of ether oxygens (including phenoxy) is 3. The van der Waals surface area contributed by atoms with E-state index in [0.717, 1.165) is 14.2 Å². The molecule has 0 aromatic carbocycles. The first-order valence-corrected chi connectivity index (χ1v) is 10.0. The number of alkyl halides is 3. The average Bonchev–Trinajstić information content (AvgIpc) is 3.18. The molecule has 0 radical (unpaired) electrons. The summed E-state index contributed by atoms with van der Waals surface area (Å²) < 4.78 is 57.2. The number of hydrogen-bond donors (Lipinski definition) is 0. The predicted octanol–water partition coefficient (Wildman–Crippen LogP) is 4.82. The van der Waals surface area contributed by atoms with E-state index in [-0.39, 0.29) is 10.6 Å². The number of aromatic nitrogens is 3. The third-order valence-corrected chi connectivity index (χ3v) is 3.82. The zero-order valence-corrected chi connectivity index (χ0v) is 20.1. The van der Waals surface area contributed by atoms with Crippen LogP contribution in [0.5, 0.6) is 0 Å². The van der Waals surface area contributed by atoms with Crippen molar-refractivity contribution >= 4 is 23.8 Å². The number of pyridine rings is 1. The van der Waals surface area contributed by atoms with Crippen LogP contribution in [0.25, 0.3) is 11.4 Å². The zero-order valence-electron chi connectivity index (χ0n) is 20.1. The average molecular weight is 488 g/mol. The van der Waals surface area contributed by atoms with Gasteiger partial charge >= 0.3 is 24.3 Å². The Kier molecular flexibility index (Phi) is 9.18. The molecule has 13 heteroatoms. The van der Waals surface area contributed by atoms with Gasteiger partial charge in [0.1, 0.15) is 17.0 Å². The fourth-order valence-corrected chi connectivity index (χ4v) is 2.54. The molecule has 2 aromatic rings. The molecular weight excluding hydrogens is 461 g/mol. The zero-order chi connectivity index (χ0) is 26.4. The molecule has 34 heavy (non-hydrogen) atoms. The first kappa shape index (κ1) is 28.4. The summed E-state index contributed by atoms with van der Waals surface area (Å²) in [4.78, 5) is 41.3. The molecule has 0 fully saturated rings. The van der Waals surface area contributed by atoms with Crippen molar-refractivity contribution in [2.75, 3.05) is 19.1 Å². The molecule has 0 saturated carbocycles. The van der Waals surface area contributed by atoms with Crippen LogP contribution >= 0.6 is 0 Å². The topological polar surface area (TPSA) is 113 Å². The number of anilines is 1. The smallest absolute Gasteiger partial charge is 0.424 e. The van der Waals surface area contributed by atoms with Gasteiger partial charge in [-0.3, -0.25) is 4.68 Å². The van der Waals surface area contributed by atoms with Crippen LogP contribution in [0, 0.1) is 0 Å². The first-order chi connectivity index (χ1) is 15.7. The highest BCUT2D eigenvalue weighted by molar-refractivity contribution is 6.13. The van der Waals surface area contributed by atoms with Gasteiger partial charge in [-0.15, -0.1) is 0 Å². The number of esters is 1. The molecule has 0 N–H and O–H groups in total. The Labute approximate surface area is 194 Å². The molecule has 2 aromatic heterocycles. The standard InChI is InChI=1S/C19H21F3N4O6.C2H6/c1-18(2,3)32-17(29)26(16(28)31-6)12-9-10(19(20,21)22)13(11-7-8-25(4)24-11)23-14(12)15(27)30-5;1-2/h7-9H,1-6H3;1-2H3. The number of hydrogen-bond acceptors (Lipinski definition) is 8. The second-order valence-electron chi connectivity index (χ2n) is 7.40. The largest absolute Gasteiger partial charge is 0.464 e. The molecule has 2 rings (SSSR count). The van der Waals surface area contributed by atoms with Gasteiger partial charge in [0.25, 0.3) is 0 Å². The van der Waals surface area contributed by atoms with Crippen LogP contribution in [0.15, 0.2) is 18.3 Å². The number of amides is 2. The van der Waals surface area contributed by atoms with Crippen molar-refractivity contribution in [1.82, 2.24) is 14.8 Å². The molecule has 0 saturated heterocycles. The Hall–Kier alpha value is -3.64. The third kappa shape index (κ3) is 6.68. The lowest BCUT2D eigenvalue weighted by molar-refractivity contribution is -0.137. The van der Waals surface area contributed by atoms with E-state index in [4.69, 9.17) is 4.74 Å². The molecule has 2 heterocycles. The van der Waals surface area contributed by atoms with Gasteiger partial charge in [-0.25, -0.2) is 19.4 Å². The van der Waals surface area contributed by atoms with E-state index < -0.39 is 52.6 Å². The van der Waals surface area contributed by atoms with Gasteiger partial charge in [0.05, 0.1) is 25.5 Å². The number of carbonyl (C=O) groups is 3. The Balaban J connectivity index is 0.00000281. The Bertz CT molecular complexity index is 1040. The summed E-state index contributed by atoms with van der Waals surface area (Å²) in [6.45, 7) is 8.43. The van der Waals surface area contributed by atoms with E-state index in [1.54, 1.807) is 0 Å². The van der Waals surface area contributed by atoms with Gasteiger partial charge in [-0.1, -0.05) is 13.8 Å². The highest BCUT2D eigenvalue weighted by atomic mass is 19.4. The second-order valence-corrected chi connectivity index (χ2v) is 7.40. The van der Waals surface area contributed by atoms with E-state index >= 15 is 0 Å². The molecule has 0 aliphatic heterocycles. The fraction of sp³-hybridized carbons (Fsp3) is 0.476. The van der Waals surface area contributed by atoms with Gasteiger partial charge in [0.15, 0.2) is 5.69 Å². The van der Waals surface area contributed by atoms with Crippen molar-refractivity contribution in [3.63, 3.8) is 0 Å². The second kappa shape index (κ2) is 11.0. The number of imide groups is 1. The molecule has 0 aliphatic rings. The number of carbonyl (C=O) groups excluding carboxylic acids is 3. The van der Waals surface area contributed by atoms with Crippen LogP contribution in [0.2, 0.25) is 0 Å². The Morgan fingerprint density at radius 1 is 1.03 bits per heavy atom. The lowest BCUT2D eigenvalue weighted by Crippen LogP contribution is -2.42. The van der Waals surface area contributed by atoms with Gasteiger partial charge in [0.2, 0.25) is 0 Å². The molecule has 10 nitrogen and oxygen atoms in total. The van der Waals surface area contributed by atoms with Crippen LogP contribution in [-0.4, -0.2) is 52.7 Å². The summed E-state index contributed by atoms with van der Waals surface area (Å²) in [6, 6.07) is 1.67. The van der Waals surface area contributed by atoms with Crippen LogP contribution < -0.4 is 4.90 Å². The van der Waals surface area contributed by atoms with Gasteiger partial charge in [0, 0.05) is 13.2 Å².